The van der Waals surface area contributed by atoms with Crippen LogP contribution in [0.4, 0.5) is 5.69 Å². The summed E-state index contributed by atoms with van der Waals surface area (Å²) in [5.41, 5.74) is 2.49. The number of halogens is 1. The molecular weight excluding hydrogens is 360 g/mol. The molecule has 25 heavy (non-hydrogen) atoms. The van der Waals surface area contributed by atoms with E-state index in [1.807, 2.05) is 31.2 Å². The van der Waals surface area contributed by atoms with E-state index in [1.54, 1.807) is 24.3 Å². The average Bonchev–Trinajstić information content (AvgIpc) is 2.50. The first-order valence-corrected chi connectivity index (χ1v) is 10.0. The topological polar surface area (TPSA) is 66.5 Å². The van der Waals surface area contributed by atoms with Crippen molar-refractivity contribution in [1.82, 2.24) is 5.32 Å². The van der Waals surface area contributed by atoms with Crippen LogP contribution in [-0.2, 0) is 21.2 Å². The Bertz CT molecular complexity index is 853. The van der Waals surface area contributed by atoms with Gasteiger partial charge in [-0.15, -0.1) is 0 Å². The van der Waals surface area contributed by atoms with E-state index in [0.29, 0.717) is 10.7 Å². The maximum absolute atomic E-state index is 12.0. The van der Waals surface area contributed by atoms with Crippen LogP contribution in [0, 0.1) is 6.92 Å². The number of sulfonamides is 1. The van der Waals surface area contributed by atoms with E-state index in [-0.39, 0.29) is 25.4 Å². The number of nitrogens with one attached hydrogen (secondary N) is 1. The predicted octanol–water partition coefficient (Wildman–Crippen LogP) is 2.77. The average molecular weight is 381 g/mol. The van der Waals surface area contributed by atoms with Crippen molar-refractivity contribution in [3.8, 4) is 0 Å². The number of aryl methyl sites for hydroxylation is 1. The van der Waals surface area contributed by atoms with Crippen molar-refractivity contribution in [2.75, 3.05) is 23.7 Å². The summed E-state index contributed by atoms with van der Waals surface area (Å²) in [6, 6.07) is 14.3. The monoisotopic (exact) mass is 380 g/mol. The maximum Gasteiger partial charge on any atom is 0.232 e. The van der Waals surface area contributed by atoms with Crippen molar-refractivity contribution in [2.24, 2.45) is 0 Å². The SMILES string of the molecule is Cc1cccc(CC(=O)NCCN(c2cccc(Cl)c2)S(C)(=O)=O)c1. The van der Waals surface area contributed by atoms with Crippen LogP contribution in [0.1, 0.15) is 11.1 Å². The summed E-state index contributed by atoms with van der Waals surface area (Å²) in [5.74, 6) is -0.148. The maximum atomic E-state index is 12.0. The second kappa shape index (κ2) is 8.36. The van der Waals surface area contributed by atoms with Crippen molar-refractivity contribution < 1.29 is 13.2 Å². The number of nitrogens with zero attached hydrogens (tertiary/aromatic N) is 1. The molecule has 0 aromatic heterocycles. The molecule has 0 aliphatic heterocycles. The van der Waals surface area contributed by atoms with Crippen LogP contribution in [0.2, 0.25) is 5.02 Å². The van der Waals surface area contributed by atoms with Crippen LogP contribution in [-0.4, -0.2) is 33.7 Å². The van der Waals surface area contributed by atoms with Gasteiger partial charge in [-0.25, -0.2) is 8.42 Å². The lowest BCUT2D eigenvalue weighted by molar-refractivity contribution is -0.120. The van der Waals surface area contributed by atoms with Gasteiger partial charge in [0.25, 0.3) is 0 Å². The zero-order valence-corrected chi connectivity index (χ0v) is 15.8. The lowest BCUT2D eigenvalue weighted by Gasteiger charge is -2.22. The van der Waals surface area contributed by atoms with Gasteiger partial charge in [0.05, 0.1) is 24.9 Å². The van der Waals surface area contributed by atoms with Crippen molar-refractivity contribution in [2.45, 2.75) is 13.3 Å². The Kier molecular flexibility index (Phi) is 6.45. The fourth-order valence-corrected chi connectivity index (χ4v) is 3.59. The summed E-state index contributed by atoms with van der Waals surface area (Å²) >= 11 is 5.94. The Labute approximate surface area is 153 Å². The molecule has 0 saturated heterocycles. The molecule has 0 heterocycles. The molecule has 5 nitrogen and oxygen atoms in total. The highest BCUT2D eigenvalue weighted by Gasteiger charge is 2.17. The minimum atomic E-state index is -3.47. The quantitative estimate of drug-likeness (QED) is 0.803. The molecule has 134 valence electrons. The Morgan fingerprint density at radius 3 is 2.52 bits per heavy atom. The number of carbonyl (C=O) groups is 1. The Balaban J connectivity index is 1.96. The molecule has 0 aliphatic rings. The second-order valence-corrected chi connectivity index (χ2v) is 8.17. The van der Waals surface area contributed by atoms with Gasteiger partial charge in [0.1, 0.15) is 0 Å². The van der Waals surface area contributed by atoms with Crippen LogP contribution in [0.25, 0.3) is 0 Å². The molecule has 2 rings (SSSR count). The molecule has 0 fully saturated rings. The first kappa shape index (κ1) is 19.3. The van der Waals surface area contributed by atoms with Crippen molar-refractivity contribution in [3.63, 3.8) is 0 Å². The van der Waals surface area contributed by atoms with Gasteiger partial charge in [-0.3, -0.25) is 9.10 Å². The molecule has 7 heteroatoms. The third-order valence-corrected chi connectivity index (χ3v) is 5.01. The van der Waals surface area contributed by atoms with Gasteiger partial charge in [-0.1, -0.05) is 47.5 Å². The minimum Gasteiger partial charge on any atom is -0.354 e. The highest BCUT2D eigenvalue weighted by molar-refractivity contribution is 7.92. The van der Waals surface area contributed by atoms with Gasteiger partial charge in [-0.05, 0) is 30.7 Å². The summed E-state index contributed by atoms with van der Waals surface area (Å²) in [6.45, 7) is 2.32. The highest BCUT2D eigenvalue weighted by Crippen LogP contribution is 2.21. The minimum absolute atomic E-state index is 0.138. The summed E-state index contributed by atoms with van der Waals surface area (Å²) in [7, 11) is -3.47. The van der Waals surface area contributed by atoms with Gasteiger partial charge in [-0.2, -0.15) is 0 Å². The van der Waals surface area contributed by atoms with Crippen molar-refractivity contribution >= 4 is 33.2 Å². The molecule has 0 saturated carbocycles. The Morgan fingerprint density at radius 1 is 1.16 bits per heavy atom. The highest BCUT2D eigenvalue weighted by atomic mass is 35.5. The fourth-order valence-electron chi connectivity index (χ4n) is 2.48. The molecule has 1 N–H and O–H groups in total. The number of hydrogen-bond donors (Lipinski definition) is 1. The lowest BCUT2D eigenvalue weighted by Crippen LogP contribution is -2.38. The zero-order chi connectivity index (χ0) is 18.4. The van der Waals surface area contributed by atoms with E-state index < -0.39 is 10.0 Å². The first-order valence-electron chi connectivity index (χ1n) is 7.81. The third kappa shape index (κ3) is 6.07. The number of hydrogen-bond acceptors (Lipinski definition) is 3. The van der Waals surface area contributed by atoms with Gasteiger partial charge >= 0.3 is 0 Å². The number of anilines is 1. The molecule has 0 aliphatic carbocycles. The molecule has 0 atom stereocenters. The number of rotatable bonds is 7. The summed E-state index contributed by atoms with van der Waals surface area (Å²) < 4.78 is 25.3. The van der Waals surface area contributed by atoms with E-state index in [9.17, 15) is 13.2 Å². The molecule has 2 aromatic rings. The van der Waals surface area contributed by atoms with Crippen LogP contribution < -0.4 is 9.62 Å². The first-order chi connectivity index (χ1) is 11.8. The van der Waals surface area contributed by atoms with Crippen molar-refractivity contribution in [3.05, 3.63) is 64.7 Å². The van der Waals surface area contributed by atoms with E-state index in [0.717, 1.165) is 17.4 Å². The largest absolute Gasteiger partial charge is 0.354 e. The normalized spacial score (nSPS) is 11.2. The zero-order valence-electron chi connectivity index (χ0n) is 14.2. The smallest absolute Gasteiger partial charge is 0.232 e. The molecule has 0 radical (unpaired) electrons. The second-order valence-electron chi connectivity index (χ2n) is 5.83. The van der Waals surface area contributed by atoms with Crippen LogP contribution >= 0.6 is 11.6 Å². The van der Waals surface area contributed by atoms with E-state index in [4.69, 9.17) is 11.6 Å². The number of carbonyl (C=O) groups excluding carboxylic acids is 1. The fraction of sp³-hybridized carbons (Fsp3) is 0.278. The Morgan fingerprint density at radius 2 is 1.88 bits per heavy atom. The van der Waals surface area contributed by atoms with E-state index >= 15 is 0 Å². The van der Waals surface area contributed by atoms with Gasteiger partial charge < -0.3 is 5.32 Å². The molecule has 2 aromatic carbocycles. The number of benzene rings is 2. The lowest BCUT2D eigenvalue weighted by atomic mass is 10.1. The van der Waals surface area contributed by atoms with Gasteiger partial charge in [0.2, 0.25) is 15.9 Å². The third-order valence-electron chi connectivity index (χ3n) is 3.58. The summed E-state index contributed by atoms with van der Waals surface area (Å²) in [4.78, 5) is 12.0. The van der Waals surface area contributed by atoms with Gasteiger partial charge in [0.15, 0.2) is 0 Å². The molecular formula is C18H21ClN2O3S. The van der Waals surface area contributed by atoms with Crippen molar-refractivity contribution in [1.29, 1.82) is 0 Å². The Hall–Kier alpha value is -2.05. The molecule has 1 amide bonds. The van der Waals surface area contributed by atoms with Crippen LogP contribution in [0.5, 0.6) is 0 Å². The van der Waals surface area contributed by atoms with Gasteiger partial charge in [0, 0.05) is 11.6 Å². The summed E-state index contributed by atoms with van der Waals surface area (Å²) in [6.07, 6.45) is 1.39. The number of amides is 1. The van der Waals surface area contributed by atoms with Crippen LogP contribution in [0.3, 0.4) is 0 Å². The molecule has 0 spiro atoms. The van der Waals surface area contributed by atoms with E-state index in [2.05, 4.69) is 5.32 Å². The molecule has 0 bridgehead atoms. The standard InChI is InChI=1S/C18H21ClN2O3S/c1-14-5-3-6-15(11-14)12-18(22)20-9-10-21(25(2,23)24)17-8-4-7-16(19)13-17/h3-8,11,13H,9-10,12H2,1-2H3,(H,20,22). The predicted molar refractivity (Wildman–Crippen MR) is 102 cm³/mol. The summed E-state index contributed by atoms with van der Waals surface area (Å²) in [5, 5.41) is 3.21. The van der Waals surface area contributed by atoms with Crippen LogP contribution in [0.15, 0.2) is 48.5 Å². The van der Waals surface area contributed by atoms with E-state index in [1.165, 1.54) is 4.31 Å². The molecule has 0 unspecified atom stereocenters.